The summed E-state index contributed by atoms with van der Waals surface area (Å²) in [7, 11) is 0. The van der Waals surface area contributed by atoms with Gasteiger partial charge in [-0.2, -0.15) is 14.9 Å². The Hall–Kier alpha value is -4.01. The van der Waals surface area contributed by atoms with Gasteiger partial charge in [0.15, 0.2) is 0 Å². The molecule has 0 aliphatic heterocycles. The summed E-state index contributed by atoms with van der Waals surface area (Å²) in [6.45, 7) is 5.97. The second-order valence-electron chi connectivity index (χ2n) is 6.56. The average Bonchev–Trinajstić information content (AvgIpc) is 3.46. The molecule has 0 radical (unpaired) electrons. The number of carbonyl (C=O) groups is 1. The van der Waals surface area contributed by atoms with Gasteiger partial charge in [0, 0.05) is 11.3 Å². The van der Waals surface area contributed by atoms with Gasteiger partial charge in [-0.05, 0) is 51.1 Å². The predicted molar refractivity (Wildman–Crippen MR) is 110 cm³/mol. The van der Waals surface area contributed by atoms with Crippen LogP contribution in [0.2, 0.25) is 0 Å². The quantitative estimate of drug-likeness (QED) is 0.361. The molecule has 1 aromatic carbocycles. The second-order valence-corrected chi connectivity index (χ2v) is 6.56. The number of ether oxygens (including phenoxy) is 1. The molecular formula is C21H20N6O3. The van der Waals surface area contributed by atoms with E-state index in [-0.39, 0.29) is 5.97 Å². The van der Waals surface area contributed by atoms with Gasteiger partial charge >= 0.3 is 5.97 Å². The highest BCUT2D eigenvalue weighted by Crippen LogP contribution is 2.22. The second kappa shape index (κ2) is 8.16. The van der Waals surface area contributed by atoms with Gasteiger partial charge in [0.25, 0.3) is 5.95 Å². The van der Waals surface area contributed by atoms with Gasteiger partial charge in [0.2, 0.25) is 0 Å². The largest absolute Gasteiger partial charge is 0.462 e. The zero-order valence-corrected chi connectivity index (χ0v) is 16.8. The van der Waals surface area contributed by atoms with Crippen LogP contribution in [0.25, 0.3) is 17.3 Å². The van der Waals surface area contributed by atoms with Gasteiger partial charge < -0.3 is 9.15 Å². The van der Waals surface area contributed by atoms with E-state index in [9.17, 15) is 4.79 Å². The van der Waals surface area contributed by atoms with Crippen LogP contribution in [0, 0.1) is 13.8 Å². The molecule has 0 aliphatic carbocycles. The molecule has 0 atom stereocenters. The van der Waals surface area contributed by atoms with E-state index in [1.54, 1.807) is 30.0 Å². The fourth-order valence-corrected chi connectivity index (χ4v) is 2.96. The molecule has 0 fully saturated rings. The fraction of sp³-hybridized carbons (Fsp3) is 0.190. The summed E-state index contributed by atoms with van der Waals surface area (Å²) >= 11 is 0. The molecule has 0 saturated heterocycles. The molecule has 0 N–H and O–H groups in total. The van der Waals surface area contributed by atoms with E-state index in [1.807, 2.05) is 44.2 Å². The Morgan fingerprint density at radius 3 is 2.70 bits per heavy atom. The Morgan fingerprint density at radius 2 is 2.00 bits per heavy atom. The van der Waals surface area contributed by atoms with Crippen molar-refractivity contribution in [2.75, 3.05) is 6.61 Å². The van der Waals surface area contributed by atoms with E-state index in [2.05, 4.69) is 20.4 Å². The lowest BCUT2D eigenvalue weighted by molar-refractivity contribution is 0.0526. The van der Waals surface area contributed by atoms with E-state index < -0.39 is 0 Å². The smallest absolute Gasteiger partial charge is 0.338 e. The molecule has 0 bridgehead atoms. The molecule has 3 aromatic heterocycles. The zero-order valence-electron chi connectivity index (χ0n) is 16.8. The number of esters is 1. The van der Waals surface area contributed by atoms with E-state index in [1.165, 1.54) is 11.0 Å². The first-order chi connectivity index (χ1) is 14.5. The fourth-order valence-electron chi connectivity index (χ4n) is 2.96. The summed E-state index contributed by atoms with van der Waals surface area (Å²) in [6.07, 6.45) is 3.08. The molecule has 30 heavy (non-hydrogen) atoms. The first-order valence-corrected chi connectivity index (χ1v) is 9.40. The Bertz CT molecular complexity index is 1200. The highest BCUT2D eigenvalue weighted by atomic mass is 16.5. The topological polar surface area (TPSA) is 100 Å². The molecule has 0 amide bonds. The lowest BCUT2D eigenvalue weighted by Gasteiger charge is -2.02. The lowest BCUT2D eigenvalue weighted by Crippen LogP contribution is -2.06. The van der Waals surface area contributed by atoms with Crippen LogP contribution in [0.5, 0.6) is 0 Å². The molecule has 3 heterocycles. The highest BCUT2D eigenvalue weighted by Gasteiger charge is 2.11. The molecule has 0 aliphatic rings. The molecular weight excluding hydrogens is 384 g/mol. The van der Waals surface area contributed by atoms with Crippen LogP contribution in [0.4, 0.5) is 0 Å². The number of furan rings is 1. The standard InChI is InChI=1S/C21H20N6O3/c1-4-29-20(28)17-7-5-16(6-8-17)19-10-9-18(30-19)12-23-26-13-22-24-21(26)27-15(3)11-14(2)25-27/h5-13H,4H2,1-3H3/b23-12-. The van der Waals surface area contributed by atoms with Gasteiger partial charge in [-0.1, -0.05) is 12.1 Å². The van der Waals surface area contributed by atoms with E-state index in [0.717, 1.165) is 17.0 Å². The minimum atomic E-state index is -0.344. The number of hydrogen-bond donors (Lipinski definition) is 0. The van der Waals surface area contributed by atoms with Crippen LogP contribution >= 0.6 is 0 Å². The summed E-state index contributed by atoms with van der Waals surface area (Å²) in [5.41, 5.74) is 3.16. The number of carbonyl (C=O) groups excluding carboxylic acids is 1. The van der Waals surface area contributed by atoms with Crippen molar-refractivity contribution in [2.45, 2.75) is 20.8 Å². The maximum atomic E-state index is 11.8. The minimum absolute atomic E-state index is 0.342. The Kier molecular flexibility index (Phi) is 5.25. The molecule has 0 spiro atoms. The maximum Gasteiger partial charge on any atom is 0.338 e. The Morgan fingerprint density at radius 1 is 1.20 bits per heavy atom. The van der Waals surface area contributed by atoms with Crippen LogP contribution in [-0.4, -0.2) is 43.4 Å². The molecule has 0 saturated carbocycles. The molecule has 0 unspecified atom stereocenters. The summed E-state index contributed by atoms with van der Waals surface area (Å²) in [6, 6.07) is 12.7. The van der Waals surface area contributed by atoms with Crippen molar-refractivity contribution in [1.82, 2.24) is 24.7 Å². The third-order valence-electron chi connectivity index (χ3n) is 4.33. The first-order valence-electron chi connectivity index (χ1n) is 9.40. The van der Waals surface area contributed by atoms with Crippen LogP contribution in [-0.2, 0) is 4.74 Å². The number of rotatable bonds is 6. The predicted octanol–water partition coefficient (Wildman–Crippen LogP) is 3.40. The van der Waals surface area contributed by atoms with Crippen LogP contribution in [0.3, 0.4) is 0 Å². The SMILES string of the molecule is CCOC(=O)c1ccc(-c2ccc(/C=N\n3cnnc3-n3nc(C)cc3C)o2)cc1. The van der Waals surface area contributed by atoms with Crippen molar-refractivity contribution in [2.24, 2.45) is 5.10 Å². The summed E-state index contributed by atoms with van der Waals surface area (Å²) < 4.78 is 14.0. The third kappa shape index (κ3) is 3.90. The number of hydrogen-bond acceptors (Lipinski definition) is 7. The normalized spacial score (nSPS) is 11.3. The Balaban J connectivity index is 1.52. The van der Waals surface area contributed by atoms with Crippen molar-refractivity contribution < 1.29 is 13.9 Å². The van der Waals surface area contributed by atoms with Crippen LogP contribution in [0.15, 0.2) is 58.3 Å². The molecule has 4 aromatic rings. The summed E-state index contributed by atoms with van der Waals surface area (Å²) in [5.74, 6) is 1.36. The van der Waals surface area contributed by atoms with Crippen molar-refractivity contribution in [1.29, 1.82) is 0 Å². The van der Waals surface area contributed by atoms with Gasteiger partial charge in [-0.15, -0.1) is 10.2 Å². The molecule has 152 valence electrons. The van der Waals surface area contributed by atoms with E-state index >= 15 is 0 Å². The van der Waals surface area contributed by atoms with Crippen molar-refractivity contribution in [3.8, 4) is 17.3 Å². The Labute approximate surface area is 172 Å². The monoisotopic (exact) mass is 404 g/mol. The molecule has 9 nitrogen and oxygen atoms in total. The first kappa shape index (κ1) is 19.3. The maximum absolute atomic E-state index is 11.8. The number of aromatic nitrogens is 5. The number of benzene rings is 1. The van der Waals surface area contributed by atoms with Crippen LogP contribution in [0.1, 0.15) is 34.4 Å². The summed E-state index contributed by atoms with van der Waals surface area (Å²) in [4.78, 5) is 11.8. The van der Waals surface area contributed by atoms with Crippen molar-refractivity contribution in [3.05, 3.63) is 71.5 Å². The average molecular weight is 404 g/mol. The highest BCUT2D eigenvalue weighted by molar-refractivity contribution is 5.90. The van der Waals surface area contributed by atoms with E-state index in [4.69, 9.17) is 9.15 Å². The lowest BCUT2D eigenvalue weighted by atomic mass is 10.1. The van der Waals surface area contributed by atoms with Gasteiger partial charge in [-0.25, -0.2) is 9.48 Å². The van der Waals surface area contributed by atoms with Crippen molar-refractivity contribution >= 4 is 12.2 Å². The van der Waals surface area contributed by atoms with Crippen LogP contribution < -0.4 is 0 Å². The van der Waals surface area contributed by atoms with E-state index in [0.29, 0.717) is 29.6 Å². The molecule has 4 rings (SSSR count). The van der Waals surface area contributed by atoms with Gasteiger partial charge in [0.1, 0.15) is 17.8 Å². The zero-order chi connectivity index (χ0) is 21.1. The number of nitrogens with zero attached hydrogens (tertiary/aromatic N) is 6. The third-order valence-corrected chi connectivity index (χ3v) is 4.33. The van der Waals surface area contributed by atoms with Gasteiger partial charge in [-0.3, -0.25) is 0 Å². The molecule has 9 heteroatoms. The van der Waals surface area contributed by atoms with Crippen molar-refractivity contribution in [3.63, 3.8) is 0 Å². The van der Waals surface area contributed by atoms with Gasteiger partial charge in [0.05, 0.1) is 24.1 Å². The minimum Gasteiger partial charge on any atom is -0.462 e. The number of aryl methyl sites for hydroxylation is 2. The summed E-state index contributed by atoms with van der Waals surface area (Å²) in [5, 5.41) is 16.8.